The molecule has 184 valence electrons. The van der Waals surface area contributed by atoms with Crippen LogP contribution in [0.25, 0.3) is 0 Å². The fourth-order valence-electron chi connectivity index (χ4n) is 4.05. The molecule has 0 unspecified atom stereocenters. The monoisotopic (exact) mass is 497 g/mol. The molecular formula is C25H27N3O6S. The van der Waals surface area contributed by atoms with Crippen LogP contribution in [0.5, 0.6) is 11.5 Å². The van der Waals surface area contributed by atoms with E-state index < -0.39 is 16.0 Å². The molecule has 0 aliphatic carbocycles. The minimum atomic E-state index is -4.16. The minimum Gasteiger partial charge on any atom is -0.497 e. The SMILES string of the molecule is COc1ccc(OC)c(S(=O)(=O)Nc2ccc(N3CCN(c4ccccc4)CC3)cc2C(=O)O)c1. The van der Waals surface area contributed by atoms with Gasteiger partial charge in [0.15, 0.2) is 0 Å². The van der Waals surface area contributed by atoms with Crippen LogP contribution in [0.1, 0.15) is 10.4 Å². The lowest BCUT2D eigenvalue weighted by atomic mass is 10.1. The summed E-state index contributed by atoms with van der Waals surface area (Å²) in [4.78, 5) is 16.2. The summed E-state index contributed by atoms with van der Waals surface area (Å²) in [6.45, 7) is 2.99. The summed E-state index contributed by atoms with van der Waals surface area (Å²) in [7, 11) is -1.38. The Kier molecular flexibility index (Phi) is 7.02. The number of ether oxygens (including phenoxy) is 2. The lowest BCUT2D eigenvalue weighted by molar-refractivity contribution is 0.0698. The second-order valence-corrected chi connectivity index (χ2v) is 9.62. The third-order valence-electron chi connectivity index (χ3n) is 5.90. The Bertz CT molecular complexity index is 1310. The molecule has 0 aromatic heterocycles. The van der Waals surface area contributed by atoms with Crippen molar-refractivity contribution in [1.29, 1.82) is 0 Å². The molecule has 35 heavy (non-hydrogen) atoms. The number of anilines is 3. The smallest absolute Gasteiger partial charge is 0.337 e. The number of rotatable bonds is 8. The van der Waals surface area contributed by atoms with Crippen molar-refractivity contribution >= 4 is 33.1 Å². The van der Waals surface area contributed by atoms with E-state index >= 15 is 0 Å². The van der Waals surface area contributed by atoms with E-state index in [1.807, 2.05) is 18.2 Å². The molecule has 1 aliphatic heterocycles. The maximum atomic E-state index is 13.1. The van der Waals surface area contributed by atoms with Gasteiger partial charge < -0.3 is 24.4 Å². The van der Waals surface area contributed by atoms with Gasteiger partial charge >= 0.3 is 5.97 Å². The Morgan fingerprint density at radius 2 is 1.51 bits per heavy atom. The highest BCUT2D eigenvalue weighted by molar-refractivity contribution is 7.92. The first kappa shape index (κ1) is 24.2. The van der Waals surface area contributed by atoms with E-state index in [0.717, 1.165) is 24.5 Å². The van der Waals surface area contributed by atoms with Gasteiger partial charge in [-0.2, -0.15) is 0 Å². The van der Waals surface area contributed by atoms with Gasteiger partial charge in [-0.05, 0) is 42.5 Å². The maximum Gasteiger partial charge on any atom is 0.337 e. The Morgan fingerprint density at radius 1 is 0.857 bits per heavy atom. The number of aromatic carboxylic acids is 1. The molecule has 9 nitrogen and oxygen atoms in total. The fraction of sp³-hybridized carbons (Fsp3) is 0.240. The van der Waals surface area contributed by atoms with Gasteiger partial charge in [0, 0.05) is 43.6 Å². The van der Waals surface area contributed by atoms with Gasteiger partial charge in [0.25, 0.3) is 10.0 Å². The standard InChI is InChI=1S/C25H27N3O6S/c1-33-20-9-11-23(34-2)24(17-20)35(31,32)26-22-10-8-19(16-21(22)25(29)30)28-14-12-27(13-15-28)18-6-4-3-5-7-18/h3-11,16-17,26H,12-15H2,1-2H3,(H,29,30). The first-order valence-electron chi connectivity index (χ1n) is 11.0. The number of carboxylic acid groups (broad SMARTS) is 1. The molecule has 1 fully saturated rings. The van der Waals surface area contributed by atoms with Crippen LogP contribution >= 0.6 is 0 Å². The zero-order valence-corrected chi connectivity index (χ0v) is 20.3. The molecule has 0 amide bonds. The third-order valence-corrected chi connectivity index (χ3v) is 7.29. The molecule has 2 N–H and O–H groups in total. The predicted molar refractivity (Wildman–Crippen MR) is 135 cm³/mol. The van der Waals surface area contributed by atoms with Crippen molar-refractivity contribution in [2.75, 3.05) is 54.9 Å². The lowest BCUT2D eigenvalue weighted by Gasteiger charge is -2.37. The molecular weight excluding hydrogens is 470 g/mol. The van der Waals surface area contributed by atoms with Crippen LogP contribution in [0.3, 0.4) is 0 Å². The number of methoxy groups -OCH3 is 2. The van der Waals surface area contributed by atoms with Gasteiger partial charge in [-0.25, -0.2) is 13.2 Å². The van der Waals surface area contributed by atoms with Crippen LogP contribution in [-0.4, -0.2) is 59.9 Å². The van der Waals surface area contributed by atoms with E-state index in [2.05, 4.69) is 26.7 Å². The molecule has 0 spiro atoms. The van der Waals surface area contributed by atoms with E-state index in [0.29, 0.717) is 18.8 Å². The highest BCUT2D eigenvalue weighted by Gasteiger charge is 2.25. The van der Waals surface area contributed by atoms with E-state index in [1.165, 1.54) is 38.5 Å². The summed E-state index contributed by atoms with van der Waals surface area (Å²) >= 11 is 0. The molecule has 1 aliphatic rings. The van der Waals surface area contributed by atoms with E-state index in [9.17, 15) is 18.3 Å². The number of sulfonamides is 1. The largest absolute Gasteiger partial charge is 0.497 e. The first-order valence-corrected chi connectivity index (χ1v) is 12.5. The van der Waals surface area contributed by atoms with Crippen molar-refractivity contribution in [3.05, 3.63) is 72.3 Å². The van der Waals surface area contributed by atoms with Crippen LogP contribution in [0.15, 0.2) is 71.6 Å². The van der Waals surface area contributed by atoms with Crippen molar-refractivity contribution in [1.82, 2.24) is 0 Å². The molecule has 0 bridgehead atoms. The van der Waals surface area contributed by atoms with Crippen LogP contribution in [-0.2, 0) is 10.0 Å². The number of carbonyl (C=O) groups is 1. The molecule has 10 heteroatoms. The summed E-state index contributed by atoms with van der Waals surface area (Å²) in [6, 6.07) is 19.2. The number of piperazine rings is 1. The van der Waals surface area contributed by atoms with Gasteiger partial charge in [-0.1, -0.05) is 18.2 Å². The highest BCUT2D eigenvalue weighted by atomic mass is 32.2. The number of nitrogens with one attached hydrogen (secondary N) is 1. The highest BCUT2D eigenvalue weighted by Crippen LogP contribution is 2.32. The summed E-state index contributed by atoms with van der Waals surface area (Å²) in [5, 5.41) is 9.82. The van der Waals surface area contributed by atoms with Crippen molar-refractivity contribution in [3.8, 4) is 11.5 Å². The normalized spacial score (nSPS) is 13.9. The van der Waals surface area contributed by atoms with Crippen LogP contribution in [0.2, 0.25) is 0 Å². The van der Waals surface area contributed by atoms with Crippen LogP contribution in [0, 0.1) is 0 Å². The Morgan fingerprint density at radius 3 is 2.11 bits per heavy atom. The summed E-state index contributed by atoms with van der Waals surface area (Å²) in [6.07, 6.45) is 0. The predicted octanol–water partition coefficient (Wildman–Crippen LogP) is 3.53. The first-order chi connectivity index (χ1) is 16.8. The minimum absolute atomic E-state index is 0.0333. The zero-order valence-electron chi connectivity index (χ0n) is 19.5. The average molecular weight is 498 g/mol. The van der Waals surface area contributed by atoms with Gasteiger partial charge in [-0.3, -0.25) is 4.72 Å². The molecule has 4 rings (SSSR count). The summed E-state index contributed by atoms with van der Waals surface area (Å²) in [5.74, 6) is -0.789. The van der Waals surface area contributed by atoms with E-state index in [1.54, 1.807) is 12.1 Å². The topological polar surface area (TPSA) is 108 Å². The quantitative estimate of drug-likeness (QED) is 0.487. The second kappa shape index (κ2) is 10.1. The molecule has 0 radical (unpaired) electrons. The molecule has 3 aromatic rings. The molecule has 1 saturated heterocycles. The van der Waals surface area contributed by atoms with Gasteiger partial charge in [0.1, 0.15) is 16.4 Å². The third kappa shape index (κ3) is 5.27. The fourth-order valence-corrected chi connectivity index (χ4v) is 5.32. The Hall–Kier alpha value is -3.92. The Labute approximate surface area is 204 Å². The number of para-hydroxylation sites is 1. The van der Waals surface area contributed by atoms with E-state index in [4.69, 9.17) is 9.47 Å². The van der Waals surface area contributed by atoms with Gasteiger partial charge in [0.2, 0.25) is 0 Å². The molecule has 1 heterocycles. The Balaban J connectivity index is 1.56. The average Bonchev–Trinajstić information content (AvgIpc) is 2.88. The van der Waals surface area contributed by atoms with Crippen molar-refractivity contribution in [2.24, 2.45) is 0 Å². The van der Waals surface area contributed by atoms with Crippen molar-refractivity contribution < 1.29 is 27.8 Å². The number of nitrogens with zero attached hydrogens (tertiary/aromatic N) is 2. The van der Waals surface area contributed by atoms with Gasteiger partial charge in [0.05, 0.1) is 25.5 Å². The zero-order chi connectivity index (χ0) is 25.0. The lowest BCUT2D eigenvalue weighted by Crippen LogP contribution is -2.46. The number of carboxylic acids is 1. The van der Waals surface area contributed by atoms with Crippen LogP contribution in [0.4, 0.5) is 17.1 Å². The van der Waals surface area contributed by atoms with E-state index in [-0.39, 0.29) is 21.9 Å². The molecule has 0 atom stereocenters. The van der Waals surface area contributed by atoms with Crippen molar-refractivity contribution in [3.63, 3.8) is 0 Å². The molecule has 3 aromatic carbocycles. The number of benzene rings is 3. The maximum absolute atomic E-state index is 13.1. The number of hydrogen-bond donors (Lipinski definition) is 2. The van der Waals surface area contributed by atoms with Gasteiger partial charge in [-0.15, -0.1) is 0 Å². The summed E-state index contributed by atoms with van der Waals surface area (Å²) < 4.78 is 39.0. The van der Waals surface area contributed by atoms with Crippen LogP contribution < -0.4 is 24.0 Å². The summed E-state index contributed by atoms with van der Waals surface area (Å²) in [5.41, 5.74) is 1.69. The number of hydrogen-bond acceptors (Lipinski definition) is 7. The van der Waals surface area contributed by atoms with Crippen molar-refractivity contribution in [2.45, 2.75) is 4.90 Å². The second-order valence-electron chi connectivity index (χ2n) is 7.97. The molecule has 0 saturated carbocycles.